The average Bonchev–Trinajstić information content (AvgIpc) is 3.77. The van der Waals surface area contributed by atoms with Crippen molar-refractivity contribution in [3.05, 3.63) is 77.6 Å². The van der Waals surface area contributed by atoms with E-state index in [1.807, 2.05) is 0 Å². The summed E-state index contributed by atoms with van der Waals surface area (Å²) in [6, 6.07) is 15.3. The van der Waals surface area contributed by atoms with E-state index in [0.29, 0.717) is 33.3 Å². The number of hydrogen-bond donors (Lipinski definition) is 3. The van der Waals surface area contributed by atoms with Gasteiger partial charge in [0.2, 0.25) is 0 Å². The number of carbonyl (C=O) groups is 2. The molecule has 0 spiro atoms. The monoisotopic (exact) mass is 595 g/mol. The normalized spacial score (nSPS) is 14.4. The van der Waals surface area contributed by atoms with Gasteiger partial charge >= 0.3 is 0 Å². The second-order valence-corrected chi connectivity index (χ2v) is 11.4. The van der Waals surface area contributed by atoms with E-state index >= 15 is 0 Å². The summed E-state index contributed by atoms with van der Waals surface area (Å²) in [5, 5.41) is 15.7. The maximum atomic E-state index is 13.7. The molecule has 0 saturated heterocycles. The predicted octanol–water partition coefficient (Wildman–Crippen LogP) is 4.84. The molecular weight excluding hydrogens is 564 g/mol. The third kappa shape index (κ3) is 5.93. The van der Waals surface area contributed by atoms with Crippen molar-refractivity contribution in [2.75, 3.05) is 37.4 Å². The van der Waals surface area contributed by atoms with Gasteiger partial charge in [0.25, 0.3) is 11.8 Å². The fourth-order valence-electron chi connectivity index (χ4n) is 5.08. The summed E-state index contributed by atoms with van der Waals surface area (Å²) >= 11 is 0. The molecular formula is C31H31F2N3O5S. The number of furan rings is 1. The number of rotatable bonds is 11. The van der Waals surface area contributed by atoms with Crippen molar-refractivity contribution in [3.63, 3.8) is 0 Å². The van der Waals surface area contributed by atoms with Crippen LogP contribution in [0, 0.1) is 11.7 Å². The number of halogens is 2. The predicted molar refractivity (Wildman–Crippen MR) is 159 cm³/mol. The number of fused-ring (bicyclic) bond motifs is 1. The molecule has 1 aliphatic carbocycles. The number of carbonyl (C=O) groups excluding carboxylic acids is 2. The van der Waals surface area contributed by atoms with Gasteiger partial charge < -0.3 is 20.2 Å². The van der Waals surface area contributed by atoms with Crippen molar-refractivity contribution in [2.45, 2.75) is 18.9 Å². The molecule has 1 fully saturated rings. The zero-order chi connectivity index (χ0) is 30.0. The standard InChI is InChI=1S/C31H31F2N3O5S/c1-34-31(39)28-24-15-23(20-4-3-5-21(14-20)30(38)35-25(17-37)18-6-7-18)26(36(13-12-32)42(2)40)16-27(24)41-29(28)19-8-10-22(33)11-9-19/h3-5,8-11,14-16,18,25,37H,6-7,12-13,17H2,1-2H3,(H,34,39)(H,35,38). The molecule has 1 heterocycles. The third-order valence-electron chi connectivity index (χ3n) is 7.37. The van der Waals surface area contributed by atoms with Crippen LogP contribution in [0.25, 0.3) is 33.4 Å². The molecule has 11 heteroatoms. The van der Waals surface area contributed by atoms with E-state index in [4.69, 9.17) is 4.42 Å². The zero-order valence-electron chi connectivity index (χ0n) is 23.2. The van der Waals surface area contributed by atoms with Gasteiger partial charge in [-0.3, -0.25) is 13.9 Å². The highest BCUT2D eigenvalue weighted by Crippen LogP contribution is 2.41. The van der Waals surface area contributed by atoms with Crippen LogP contribution in [-0.2, 0) is 11.0 Å². The highest BCUT2D eigenvalue weighted by atomic mass is 32.2. The third-order valence-corrected chi connectivity index (χ3v) is 8.37. The van der Waals surface area contributed by atoms with Gasteiger partial charge in [0.05, 0.1) is 30.4 Å². The van der Waals surface area contributed by atoms with Crippen molar-refractivity contribution in [2.24, 2.45) is 5.92 Å². The van der Waals surface area contributed by atoms with Crippen molar-refractivity contribution >= 4 is 39.5 Å². The van der Waals surface area contributed by atoms with Crippen LogP contribution in [0.5, 0.6) is 0 Å². The summed E-state index contributed by atoms with van der Waals surface area (Å²) in [5.41, 5.74) is 2.76. The Kier molecular flexibility index (Phi) is 8.69. The number of anilines is 1. The van der Waals surface area contributed by atoms with Crippen LogP contribution in [-0.4, -0.2) is 60.3 Å². The lowest BCUT2D eigenvalue weighted by molar-refractivity contribution is 0.0907. The number of benzene rings is 3. The topological polar surface area (TPSA) is 112 Å². The second-order valence-electron chi connectivity index (χ2n) is 10.2. The first-order valence-electron chi connectivity index (χ1n) is 13.5. The number of aliphatic hydroxyl groups is 1. The Labute approximate surface area is 244 Å². The molecule has 8 nitrogen and oxygen atoms in total. The Balaban J connectivity index is 1.70. The minimum atomic E-state index is -1.63. The molecule has 1 aromatic heterocycles. The minimum absolute atomic E-state index is 0.156. The molecule has 1 saturated carbocycles. The lowest BCUT2D eigenvalue weighted by atomic mass is 9.97. The van der Waals surface area contributed by atoms with E-state index in [-0.39, 0.29) is 47.9 Å². The summed E-state index contributed by atoms with van der Waals surface area (Å²) in [6.45, 7) is -1.10. The van der Waals surface area contributed by atoms with E-state index in [0.717, 1.165) is 12.8 Å². The summed E-state index contributed by atoms with van der Waals surface area (Å²) in [5.74, 6) is -0.762. The molecule has 0 radical (unpaired) electrons. The first-order valence-corrected chi connectivity index (χ1v) is 15.0. The average molecular weight is 596 g/mol. The van der Waals surface area contributed by atoms with E-state index in [1.54, 1.807) is 36.4 Å². The number of aliphatic hydroxyl groups excluding tert-OH is 1. The van der Waals surface area contributed by atoms with Crippen LogP contribution in [0.3, 0.4) is 0 Å². The molecule has 42 heavy (non-hydrogen) atoms. The summed E-state index contributed by atoms with van der Waals surface area (Å²) in [6.07, 6.45) is 3.33. The molecule has 2 amide bonds. The quantitative estimate of drug-likeness (QED) is 0.230. The molecule has 0 bridgehead atoms. The Morgan fingerprint density at radius 1 is 1.10 bits per heavy atom. The largest absolute Gasteiger partial charge is 0.455 e. The molecule has 220 valence electrons. The van der Waals surface area contributed by atoms with Gasteiger partial charge in [-0.25, -0.2) is 13.0 Å². The number of nitrogens with zero attached hydrogens (tertiary/aromatic N) is 1. The van der Waals surface area contributed by atoms with E-state index in [1.165, 1.54) is 41.9 Å². The van der Waals surface area contributed by atoms with Crippen molar-refractivity contribution < 1.29 is 32.1 Å². The van der Waals surface area contributed by atoms with Gasteiger partial charge in [-0.2, -0.15) is 0 Å². The molecule has 2 atom stereocenters. The van der Waals surface area contributed by atoms with E-state index in [9.17, 15) is 27.7 Å². The lowest BCUT2D eigenvalue weighted by Crippen LogP contribution is -2.39. The molecule has 4 aromatic rings. The van der Waals surface area contributed by atoms with Crippen LogP contribution in [0.15, 0.2) is 65.1 Å². The van der Waals surface area contributed by atoms with Gasteiger partial charge in [0.15, 0.2) is 0 Å². The van der Waals surface area contributed by atoms with Gasteiger partial charge in [0.1, 0.15) is 34.8 Å². The van der Waals surface area contributed by atoms with Gasteiger partial charge in [-0.1, -0.05) is 12.1 Å². The molecule has 2 unspecified atom stereocenters. The van der Waals surface area contributed by atoms with E-state index < -0.39 is 29.4 Å². The fourth-order valence-corrected chi connectivity index (χ4v) is 5.83. The Morgan fingerprint density at radius 2 is 1.83 bits per heavy atom. The van der Waals surface area contributed by atoms with Crippen LogP contribution in [0.2, 0.25) is 0 Å². The lowest BCUT2D eigenvalue weighted by Gasteiger charge is -2.23. The zero-order valence-corrected chi connectivity index (χ0v) is 24.0. The number of amides is 2. The highest BCUT2D eigenvalue weighted by Gasteiger charge is 2.32. The molecule has 5 rings (SSSR count). The number of nitrogens with one attached hydrogen (secondary N) is 2. The first kappa shape index (κ1) is 29.4. The SMILES string of the molecule is CNC(=O)c1c(-c2ccc(F)cc2)oc2cc(N(CCF)S(C)=O)c(-c3cccc(C(=O)NC(CO)C4CC4)c3)cc12. The smallest absolute Gasteiger partial charge is 0.255 e. The Morgan fingerprint density at radius 3 is 2.45 bits per heavy atom. The highest BCUT2D eigenvalue weighted by molar-refractivity contribution is 7.85. The van der Waals surface area contributed by atoms with Crippen molar-refractivity contribution in [1.29, 1.82) is 0 Å². The molecule has 3 aromatic carbocycles. The Bertz CT molecular complexity index is 1650. The maximum absolute atomic E-state index is 13.7. The van der Waals surface area contributed by atoms with Crippen LogP contribution in [0.4, 0.5) is 14.5 Å². The fraction of sp³-hybridized carbons (Fsp3) is 0.290. The Hall–Kier alpha value is -4.09. The number of hydrogen-bond acceptors (Lipinski definition) is 5. The summed E-state index contributed by atoms with van der Waals surface area (Å²) in [4.78, 5) is 26.2. The summed E-state index contributed by atoms with van der Waals surface area (Å²) in [7, 11) is -0.143. The van der Waals surface area contributed by atoms with E-state index in [2.05, 4.69) is 10.6 Å². The van der Waals surface area contributed by atoms with Gasteiger partial charge in [-0.05, 0) is 66.8 Å². The minimum Gasteiger partial charge on any atom is -0.455 e. The van der Waals surface area contributed by atoms with Crippen LogP contribution < -0.4 is 14.9 Å². The number of alkyl halides is 1. The van der Waals surface area contributed by atoms with Gasteiger partial charge in [0, 0.05) is 41.4 Å². The second kappa shape index (κ2) is 12.4. The molecule has 0 aliphatic heterocycles. The van der Waals surface area contributed by atoms with Crippen LogP contribution >= 0.6 is 0 Å². The maximum Gasteiger partial charge on any atom is 0.255 e. The van der Waals surface area contributed by atoms with Crippen molar-refractivity contribution in [3.8, 4) is 22.5 Å². The first-order chi connectivity index (χ1) is 20.2. The molecule has 3 N–H and O–H groups in total. The van der Waals surface area contributed by atoms with Crippen molar-refractivity contribution in [1.82, 2.24) is 10.6 Å². The molecule has 1 aliphatic rings. The van der Waals surface area contributed by atoms with Gasteiger partial charge in [-0.15, -0.1) is 0 Å². The summed E-state index contributed by atoms with van der Waals surface area (Å²) < 4.78 is 47.6. The van der Waals surface area contributed by atoms with Crippen LogP contribution in [0.1, 0.15) is 33.6 Å².